The SMILES string of the molecule is Cc1nn(-c2ccccc2)c(C)c1NC(=O)CCSc1nccn1C1CC1. The molecule has 1 aliphatic carbocycles. The summed E-state index contributed by atoms with van der Waals surface area (Å²) in [6, 6.07) is 10.6. The molecule has 0 radical (unpaired) electrons. The van der Waals surface area contributed by atoms with Crippen LogP contribution >= 0.6 is 11.8 Å². The predicted octanol–water partition coefficient (Wildman–Crippen LogP) is 4.14. The number of hydrogen-bond donors (Lipinski definition) is 1. The molecule has 140 valence electrons. The molecule has 4 rings (SSSR count). The summed E-state index contributed by atoms with van der Waals surface area (Å²) in [7, 11) is 0. The molecule has 1 aliphatic rings. The van der Waals surface area contributed by atoms with Crippen LogP contribution in [-0.2, 0) is 4.79 Å². The summed E-state index contributed by atoms with van der Waals surface area (Å²) in [6.07, 6.45) is 6.77. The maximum absolute atomic E-state index is 12.4. The number of benzene rings is 1. The van der Waals surface area contributed by atoms with Crippen molar-refractivity contribution < 1.29 is 4.79 Å². The van der Waals surface area contributed by atoms with E-state index in [4.69, 9.17) is 0 Å². The topological polar surface area (TPSA) is 64.7 Å². The fourth-order valence-electron chi connectivity index (χ4n) is 3.12. The second kappa shape index (κ2) is 7.60. The zero-order valence-corrected chi connectivity index (χ0v) is 16.4. The minimum Gasteiger partial charge on any atom is -0.323 e. The van der Waals surface area contributed by atoms with Gasteiger partial charge in [-0.3, -0.25) is 4.79 Å². The van der Waals surface area contributed by atoms with Crippen molar-refractivity contribution in [3.63, 3.8) is 0 Å². The first-order chi connectivity index (χ1) is 13.1. The summed E-state index contributed by atoms with van der Waals surface area (Å²) in [5, 5.41) is 8.62. The van der Waals surface area contributed by atoms with Crippen molar-refractivity contribution in [2.75, 3.05) is 11.1 Å². The molecule has 1 aromatic carbocycles. The fraction of sp³-hybridized carbons (Fsp3) is 0.350. The Bertz CT molecular complexity index is 943. The molecule has 2 heterocycles. The molecule has 0 unspecified atom stereocenters. The molecule has 6 nitrogen and oxygen atoms in total. The van der Waals surface area contributed by atoms with E-state index >= 15 is 0 Å². The molecular weight excluding hydrogens is 358 g/mol. The summed E-state index contributed by atoms with van der Waals surface area (Å²) < 4.78 is 4.09. The Kier molecular flexibility index (Phi) is 5.03. The largest absolute Gasteiger partial charge is 0.323 e. The van der Waals surface area contributed by atoms with E-state index in [2.05, 4.69) is 20.0 Å². The Morgan fingerprint density at radius 1 is 1.26 bits per heavy atom. The first-order valence-electron chi connectivity index (χ1n) is 9.20. The van der Waals surface area contributed by atoms with Crippen molar-refractivity contribution >= 4 is 23.4 Å². The lowest BCUT2D eigenvalue weighted by molar-refractivity contribution is -0.115. The number of aromatic nitrogens is 4. The summed E-state index contributed by atoms with van der Waals surface area (Å²) in [4.78, 5) is 16.8. The highest BCUT2D eigenvalue weighted by Gasteiger charge is 2.25. The minimum atomic E-state index is 0.00541. The van der Waals surface area contributed by atoms with Gasteiger partial charge in [-0.15, -0.1) is 0 Å². The zero-order valence-electron chi connectivity index (χ0n) is 15.6. The van der Waals surface area contributed by atoms with Crippen LogP contribution in [0.4, 0.5) is 5.69 Å². The van der Waals surface area contributed by atoms with Crippen LogP contribution in [-0.4, -0.2) is 31.0 Å². The molecule has 0 atom stereocenters. The van der Waals surface area contributed by atoms with E-state index in [1.165, 1.54) is 12.8 Å². The number of amides is 1. The molecule has 7 heteroatoms. The third-order valence-corrected chi connectivity index (χ3v) is 5.67. The molecule has 1 amide bonds. The first-order valence-corrected chi connectivity index (χ1v) is 10.2. The van der Waals surface area contributed by atoms with Gasteiger partial charge in [-0.2, -0.15) is 5.10 Å². The number of carbonyl (C=O) groups excluding carboxylic acids is 1. The van der Waals surface area contributed by atoms with Crippen LogP contribution in [0.15, 0.2) is 47.9 Å². The average molecular weight is 382 g/mol. The Morgan fingerprint density at radius 3 is 2.78 bits per heavy atom. The third kappa shape index (κ3) is 3.93. The number of nitrogens with zero attached hydrogens (tertiary/aromatic N) is 4. The molecule has 3 aromatic rings. The lowest BCUT2D eigenvalue weighted by atomic mass is 10.3. The Hall–Kier alpha value is -2.54. The van der Waals surface area contributed by atoms with Crippen LogP contribution in [0.5, 0.6) is 0 Å². The highest BCUT2D eigenvalue weighted by Crippen LogP contribution is 2.37. The van der Waals surface area contributed by atoms with Gasteiger partial charge < -0.3 is 9.88 Å². The quantitative estimate of drug-likeness (QED) is 0.625. The molecule has 0 bridgehead atoms. The van der Waals surface area contributed by atoms with Gasteiger partial charge in [0.15, 0.2) is 5.16 Å². The maximum atomic E-state index is 12.4. The highest BCUT2D eigenvalue weighted by molar-refractivity contribution is 7.99. The van der Waals surface area contributed by atoms with Crippen molar-refractivity contribution in [1.82, 2.24) is 19.3 Å². The number of rotatable bonds is 7. The van der Waals surface area contributed by atoms with E-state index in [1.54, 1.807) is 11.8 Å². The van der Waals surface area contributed by atoms with Crippen LogP contribution in [0.3, 0.4) is 0 Å². The van der Waals surface area contributed by atoms with Gasteiger partial charge in [0.05, 0.1) is 22.8 Å². The van der Waals surface area contributed by atoms with Gasteiger partial charge in [0.2, 0.25) is 5.91 Å². The molecule has 27 heavy (non-hydrogen) atoms. The Labute approximate surface area is 163 Å². The van der Waals surface area contributed by atoms with Crippen molar-refractivity contribution in [3.05, 3.63) is 54.1 Å². The van der Waals surface area contributed by atoms with Gasteiger partial charge in [0, 0.05) is 30.6 Å². The van der Waals surface area contributed by atoms with E-state index in [1.807, 2.05) is 61.3 Å². The summed E-state index contributed by atoms with van der Waals surface area (Å²) in [6.45, 7) is 3.90. The molecule has 0 aliphatic heterocycles. The van der Waals surface area contributed by atoms with Gasteiger partial charge in [-0.05, 0) is 38.8 Å². The number of para-hydroxylation sites is 1. The van der Waals surface area contributed by atoms with Crippen LogP contribution in [0.2, 0.25) is 0 Å². The predicted molar refractivity (Wildman–Crippen MR) is 108 cm³/mol. The summed E-state index contributed by atoms with van der Waals surface area (Å²) in [5.74, 6) is 0.714. The smallest absolute Gasteiger partial charge is 0.225 e. The van der Waals surface area contributed by atoms with Crippen LogP contribution in [0.1, 0.15) is 36.7 Å². The van der Waals surface area contributed by atoms with E-state index in [9.17, 15) is 4.79 Å². The Morgan fingerprint density at radius 2 is 2.04 bits per heavy atom. The van der Waals surface area contributed by atoms with Crippen molar-refractivity contribution in [1.29, 1.82) is 0 Å². The van der Waals surface area contributed by atoms with Crippen LogP contribution in [0.25, 0.3) is 5.69 Å². The van der Waals surface area contributed by atoms with Crippen molar-refractivity contribution in [3.8, 4) is 5.69 Å². The van der Waals surface area contributed by atoms with E-state index in [0.717, 1.165) is 27.9 Å². The molecular formula is C20H23N5OS. The van der Waals surface area contributed by atoms with Crippen LogP contribution in [0, 0.1) is 13.8 Å². The van der Waals surface area contributed by atoms with Gasteiger partial charge in [-0.1, -0.05) is 30.0 Å². The fourth-order valence-corrected chi connectivity index (χ4v) is 4.09. The summed E-state index contributed by atoms with van der Waals surface area (Å²) in [5.41, 5.74) is 3.54. The van der Waals surface area contributed by atoms with E-state index < -0.39 is 0 Å². The van der Waals surface area contributed by atoms with Crippen molar-refractivity contribution in [2.45, 2.75) is 44.3 Å². The standard InChI is InChI=1S/C20H23N5OS/c1-14-19(15(2)25(23-14)17-6-4-3-5-7-17)22-18(26)10-13-27-20-21-11-12-24(20)16-8-9-16/h3-7,11-12,16H,8-10,13H2,1-2H3,(H,22,26). The second-order valence-corrected chi connectivity index (χ2v) is 7.85. The lowest BCUT2D eigenvalue weighted by Gasteiger charge is -2.08. The third-order valence-electron chi connectivity index (χ3n) is 4.69. The number of hydrogen-bond acceptors (Lipinski definition) is 4. The van der Waals surface area contributed by atoms with Gasteiger partial charge in [0.25, 0.3) is 0 Å². The maximum Gasteiger partial charge on any atom is 0.225 e. The molecule has 0 saturated heterocycles. The molecule has 2 aromatic heterocycles. The van der Waals surface area contributed by atoms with Crippen molar-refractivity contribution in [2.24, 2.45) is 0 Å². The normalized spacial score (nSPS) is 13.7. The molecule has 1 fully saturated rings. The average Bonchev–Trinajstić information content (AvgIpc) is 3.35. The van der Waals surface area contributed by atoms with E-state index in [0.29, 0.717) is 18.2 Å². The Balaban J connectivity index is 1.37. The van der Waals surface area contributed by atoms with Crippen LogP contribution < -0.4 is 5.32 Å². The number of anilines is 1. The molecule has 1 saturated carbocycles. The molecule has 1 N–H and O–H groups in total. The number of nitrogens with one attached hydrogen (secondary N) is 1. The van der Waals surface area contributed by atoms with Gasteiger partial charge in [-0.25, -0.2) is 9.67 Å². The second-order valence-electron chi connectivity index (χ2n) is 6.79. The lowest BCUT2D eigenvalue weighted by Crippen LogP contribution is -2.13. The van der Waals surface area contributed by atoms with Gasteiger partial charge in [0.1, 0.15) is 0 Å². The number of carbonyl (C=O) groups is 1. The highest BCUT2D eigenvalue weighted by atomic mass is 32.2. The zero-order chi connectivity index (χ0) is 18.8. The first kappa shape index (κ1) is 17.9. The number of thioether (sulfide) groups is 1. The minimum absolute atomic E-state index is 0.00541. The van der Waals surface area contributed by atoms with Gasteiger partial charge >= 0.3 is 0 Å². The molecule has 0 spiro atoms. The monoisotopic (exact) mass is 381 g/mol. The number of aryl methyl sites for hydroxylation is 1. The van der Waals surface area contributed by atoms with E-state index in [-0.39, 0.29) is 5.91 Å². The summed E-state index contributed by atoms with van der Waals surface area (Å²) >= 11 is 1.64. The number of imidazole rings is 1.